The molecule has 0 aliphatic rings. The number of halogens is 1. The predicted octanol–water partition coefficient (Wildman–Crippen LogP) is 4.38. The van der Waals surface area contributed by atoms with E-state index in [4.69, 9.17) is 16.3 Å². The Bertz CT molecular complexity index is 682. The van der Waals surface area contributed by atoms with E-state index in [9.17, 15) is 4.79 Å². The quantitative estimate of drug-likeness (QED) is 0.598. The highest BCUT2D eigenvalue weighted by Crippen LogP contribution is 2.21. The molecule has 0 spiro atoms. The average Bonchev–Trinajstić information content (AvgIpc) is 2.61. The summed E-state index contributed by atoms with van der Waals surface area (Å²) in [6.07, 6.45) is 2.64. The number of carbonyl (C=O) groups is 1. The van der Waals surface area contributed by atoms with E-state index in [0.29, 0.717) is 16.7 Å². The highest BCUT2D eigenvalue weighted by Gasteiger charge is 2.04. The van der Waals surface area contributed by atoms with Gasteiger partial charge in [-0.3, -0.25) is 4.79 Å². The van der Waals surface area contributed by atoms with Gasteiger partial charge in [-0.05, 0) is 47.7 Å². The average molecular weight is 345 g/mol. The van der Waals surface area contributed by atoms with Gasteiger partial charge in [0.05, 0.1) is 6.21 Å². The molecule has 0 radical (unpaired) electrons. The Morgan fingerprint density at radius 3 is 2.50 bits per heavy atom. The maximum absolute atomic E-state index is 11.7. The molecule has 2 aromatic rings. The second-order valence-corrected chi connectivity index (χ2v) is 5.95. The van der Waals surface area contributed by atoms with Crippen LogP contribution in [-0.4, -0.2) is 18.7 Å². The van der Waals surface area contributed by atoms with E-state index in [1.807, 2.05) is 36.4 Å². The maximum atomic E-state index is 11.7. The number of hydrazone groups is 1. The van der Waals surface area contributed by atoms with Crippen molar-refractivity contribution in [2.45, 2.75) is 26.2 Å². The van der Waals surface area contributed by atoms with Crippen molar-refractivity contribution in [2.75, 3.05) is 6.61 Å². The third kappa shape index (κ3) is 5.70. The molecule has 0 heterocycles. The lowest BCUT2D eigenvalue weighted by molar-refractivity contribution is -0.123. The SMILES string of the molecule is CC[C@H](C)c1ccc(OCC(=O)N/N=C\c2ccc(Cl)cc2)cc1. The zero-order valence-electron chi connectivity index (χ0n) is 13.8. The smallest absolute Gasteiger partial charge is 0.277 e. The fourth-order valence-electron chi connectivity index (χ4n) is 2.04. The van der Waals surface area contributed by atoms with Gasteiger partial charge in [0.1, 0.15) is 5.75 Å². The number of hydrogen-bond donors (Lipinski definition) is 1. The van der Waals surface area contributed by atoms with Crippen molar-refractivity contribution in [1.29, 1.82) is 0 Å². The van der Waals surface area contributed by atoms with Crippen LogP contribution < -0.4 is 10.2 Å². The lowest BCUT2D eigenvalue weighted by Gasteiger charge is -2.10. The van der Waals surface area contributed by atoms with Crippen LogP contribution in [0.25, 0.3) is 0 Å². The maximum Gasteiger partial charge on any atom is 0.277 e. The van der Waals surface area contributed by atoms with E-state index in [1.165, 1.54) is 5.56 Å². The molecule has 0 bridgehead atoms. The van der Waals surface area contributed by atoms with Crippen LogP contribution in [0, 0.1) is 0 Å². The summed E-state index contributed by atoms with van der Waals surface area (Å²) in [5.41, 5.74) is 4.54. The van der Waals surface area contributed by atoms with E-state index < -0.39 is 0 Å². The lowest BCUT2D eigenvalue weighted by atomic mass is 9.99. The van der Waals surface area contributed by atoms with Crippen LogP contribution in [0.5, 0.6) is 5.75 Å². The van der Waals surface area contributed by atoms with Gasteiger partial charge in [0.15, 0.2) is 6.61 Å². The third-order valence-corrected chi connectivity index (χ3v) is 3.96. The molecule has 0 saturated carbocycles. The topological polar surface area (TPSA) is 50.7 Å². The fourth-order valence-corrected chi connectivity index (χ4v) is 2.16. The summed E-state index contributed by atoms with van der Waals surface area (Å²) in [7, 11) is 0. The largest absolute Gasteiger partial charge is 0.484 e. The fraction of sp³-hybridized carbons (Fsp3) is 0.263. The minimum absolute atomic E-state index is 0.0827. The van der Waals surface area contributed by atoms with Gasteiger partial charge in [-0.25, -0.2) is 5.43 Å². The van der Waals surface area contributed by atoms with Gasteiger partial charge in [0.25, 0.3) is 5.91 Å². The van der Waals surface area contributed by atoms with Crippen molar-refractivity contribution >= 4 is 23.7 Å². The molecule has 0 aromatic heterocycles. The normalized spacial score (nSPS) is 12.1. The van der Waals surface area contributed by atoms with Crippen LogP contribution in [0.1, 0.15) is 37.3 Å². The number of rotatable bonds is 7. The minimum Gasteiger partial charge on any atom is -0.484 e. The van der Waals surface area contributed by atoms with Crippen LogP contribution in [-0.2, 0) is 4.79 Å². The summed E-state index contributed by atoms with van der Waals surface area (Å²) in [6.45, 7) is 4.26. The van der Waals surface area contributed by atoms with Gasteiger partial charge in [-0.2, -0.15) is 5.10 Å². The Balaban J connectivity index is 1.77. The van der Waals surface area contributed by atoms with Crippen LogP contribution in [0.4, 0.5) is 0 Å². The molecular formula is C19H21ClN2O2. The van der Waals surface area contributed by atoms with E-state index in [-0.39, 0.29) is 12.5 Å². The van der Waals surface area contributed by atoms with Gasteiger partial charge in [0, 0.05) is 5.02 Å². The van der Waals surface area contributed by atoms with E-state index in [1.54, 1.807) is 18.3 Å². The first-order valence-corrected chi connectivity index (χ1v) is 8.26. The zero-order chi connectivity index (χ0) is 17.4. The number of hydrogen-bond acceptors (Lipinski definition) is 3. The minimum atomic E-state index is -0.314. The van der Waals surface area contributed by atoms with Gasteiger partial charge >= 0.3 is 0 Å². The molecule has 4 nitrogen and oxygen atoms in total. The molecule has 1 N–H and O–H groups in total. The number of carbonyl (C=O) groups excluding carboxylic acids is 1. The van der Waals surface area contributed by atoms with Crippen molar-refractivity contribution in [3.8, 4) is 5.75 Å². The molecule has 24 heavy (non-hydrogen) atoms. The Morgan fingerprint density at radius 2 is 1.88 bits per heavy atom. The van der Waals surface area contributed by atoms with Gasteiger partial charge in [0.2, 0.25) is 0 Å². The molecule has 0 fully saturated rings. The molecule has 126 valence electrons. The van der Waals surface area contributed by atoms with Crippen molar-refractivity contribution in [1.82, 2.24) is 5.43 Å². The third-order valence-electron chi connectivity index (χ3n) is 3.70. The predicted molar refractivity (Wildman–Crippen MR) is 97.8 cm³/mol. The van der Waals surface area contributed by atoms with Crippen LogP contribution in [0.2, 0.25) is 5.02 Å². The first kappa shape index (κ1) is 18.0. The van der Waals surface area contributed by atoms with Gasteiger partial charge < -0.3 is 4.74 Å². The van der Waals surface area contributed by atoms with Crippen molar-refractivity contribution < 1.29 is 9.53 Å². The monoisotopic (exact) mass is 344 g/mol. The van der Waals surface area contributed by atoms with Crippen LogP contribution in [0.3, 0.4) is 0 Å². The van der Waals surface area contributed by atoms with Crippen LogP contribution in [0.15, 0.2) is 53.6 Å². The Kier molecular flexibility index (Phi) is 6.82. The first-order valence-electron chi connectivity index (χ1n) is 7.88. The number of ether oxygens (including phenoxy) is 1. The van der Waals surface area contributed by atoms with Gasteiger partial charge in [-0.1, -0.05) is 49.7 Å². The summed E-state index contributed by atoms with van der Waals surface area (Å²) in [6, 6.07) is 15.0. The van der Waals surface area contributed by atoms with E-state index >= 15 is 0 Å². The molecule has 0 saturated heterocycles. The van der Waals surface area contributed by atoms with Crippen LogP contribution >= 0.6 is 11.6 Å². The van der Waals surface area contributed by atoms with Crippen molar-refractivity contribution in [3.63, 3.8) is 0 Å². The molecule has 0 aliphatic carbocycles. The molecular weight excluding hydrogens is 324 g/mol. The molecule has 2 rings (SSSR count). The molecule has 0 unspecified atom stereocenters. The summed E-state index contributed by atoms with van der Waals surface area (Å²) >= 11 is 5.80. The Morgan fingerprint density at radius 1 is 1.21 bits per heavy atom. The second-order valence-electron chi connectivity index (χ2n) is 5.51. The molecule has 1 atom stereocenters. The van der Waals surface area contributed by atoms with Crippen molar-refractivity contribution in [3.05, 3.63) is 64.7 Å². The summed E-state index contributed by atoms with van der Waals surface area (Å²) in [5.74, 6) is 0.870. The molecule has 0 aliphatic heterocycles. The second kappa shape index (κ2) is 9.08. The number of benzene rings is 2. The number of nitrogens with zero attached hydrogens (tertiary/aromatic N) is 1. The molecule has 2 aromatic carbocycles. The molecule has 1 amide bonds. The highest BCUT2D eigenvalue weighted by atomic mass is 35.5. The summed E-state index contributed by atoms with van der Waals surface area (Å²) in [5, 5.41) is 4.54. The van der Waals surface area contributed by atoms with E-state index in [0.717, 1.165) is 12.0 Å². The van der Waals surface area contributed by atoms with E-state index in [2.05, 4.69) is 24.4 Å². The standard InChI is InChI=1S/C19H21ClN2O2/c1-3-14(2)16-6-10-18(11-7-16)24-13-19(23)22-21-12-15-4-8-17(20)9-5-15/h4-12,14H,3,13H2,1-2H3,(H,22,23)/b21-12-/t14-/m0/s1. The molecule has 5 heteroatoms. The van der Waals surface area contributed by atoms with Crippen molar-refractivity contribution in [2.24, 2.45) is 5.10 Å². The summed E-state index contributed by atoms with van der Waals surface area (Å²) < 4.78 is 5.45. The zero-order valence-corrected chi connectivity index (χ0v) is 14.6. The Labute approximate surface area is 147 Å². The summed E-state index contributed by atoms with van der Waals surface area (Å²) in [4.78, 5) is 11.7. The lowest BCUT2D eigenvalue weighted by Crippen LogP contribution is -2.24. The highest BCUT2D eigenvalue weighted by molar-refractivity contribution is 6.30. The number of amides is 1. The number of nitrogens with one attached hydrogen (secondary N) is 1. The Hall–Kier alpha value is -2.33. The first-order chi connectivity index (χ1) is 11.6. The van der Waals surface area contributed by atoms with Gasteiger partial charge in [-0.15, -0.1) is 0 Å².